The van der Waals surface area contributed by atoms with Crippen molar-refractivity contribution in [3.05, 3.63) is 95.4 Å². The second kappa shape index (κ2) is 10.5. The van der Waals surface area contributed by atoms with Crippen LogP contribution in [0, 0.1) is 0 Å². The van der Waals surface area contributed by atoms with Crippen LogP contribution in [0.3, 0.4) is 0 Å². The van der Waals surface area contributed by atoms with Gasteiger partial charge in [0.2, 0.25) is 0 Å². The number of aromatic nitrogens is 2. The van der Waals surface area contributed by atoms with Crippen LogP contribution < -0.4 is 4.72 Å². The molecule has 0 bridgehead atoms. The number of anilines is 1. The van der Waals surface area contributed by atoms with Gasteiger partial charge in [0.25, 0.3) is 10.0 Å². The second-order valence-electron chi connectivity index (χ2n) is 8.70. The third-order valence-corrected chi connectivity index (χ3v) is 8.08. The van der Waals surface area contributed by atoms with E-state index in [0.29, 0.717) is 35.0 Å². The highest BCUT2D eigenvalue weighted by molar-refractivity contribution is 7.93. The molecular weight excluding hydrogens is 498 g/mol. The number of para-hydroxylation sites is 1. The molecule has 3 heterocycles. The van der Waals surface area contributed by atoms with Crippen LogP contribution in [-0.4, -0.2) is 59.5 Å². The van der Waals surface area contributed by atoms with Crippen LogP contribution in [0.2, 0.25) is 5.15 Å². The minimum Gasteiger partial charge on any atom is -0.374 e. The van der Waals surface area contributed by atoms with Gasteiger partial charge < -0.3 is 5.11 Å². The summed E-state index contributed by atoms with van der Waals surface area (Å²) < 4.78 is 28.7. The third kappa shape index (κ3) is 5.35. The molecule has 0 amide bonds. The number of piperazine rings is 1. The molecule has 1 aliphatic rings. The molecule has 186 valence electrons. The lowest BCUT2D eigenvalue weighted by Crippen LogP contribution is -2.47. The lowest BCUT2D eigenvalue weighted by atomic mass is 10.1. The van der Waals surface area contributed by atoms with Crippen LogP contribution in [-0.2, 0) is 16.6 Å². The quantitative estimate of drug-likeness (QED) is 0.354. The molecule has 8 nitrogen and oxygen atoms in total. The zero-order valence-corrected chi connectivity index (χ0v) is 21.0. The average molecular weight is 524 g/mol. The molecule has 2 aromatic carbocycles. The second-order valence-corrected chi connectivity index (χ2v) is 10.7. The molecule has 1 atom stereocenters. The Kier molecular flexibility index (Phi) is 7.17. The summed E-state index contributed by atoms with van der Waals surface area (Å²) in [6.45, 7) is 3.69. The maximum Gasteiger partial charge on any atom is 0.264 e. The van der Waals surface area contributed by atoms with E-state index < -0.39 is 16.3 Å². The van der Waals surface area contributed by atoms with Gasteiger partial charge in [-0.05, 0) is 35.9 Å². The fraction of sp³-hybridized carbons (Fsp3) is 0.231. The molecule has 1 saturated heterocycles. The Labute approximate surface area is 215 Å². The van der Waals surface area contributed by atoms with Crippen LogP contribution in [0.4, 0.5) is 5.69 Å². The van der Waals surface area contributed by atoms with Gasteiger partial charge in [0.15, 0.2) is 0 Å². The Morgan fingerprint density at radius 3 is 2.36 bits per heavy atom. The highest BCUT2D eigenvalue weighted by atomic mass is 35.5. The fourth-order valence-electron chi connectivity index (χ4n) is 4.38. The van der Waals surface area contributed by atoms with Gasteiger partial charge >= 0.3 is 0 Å². The van der Waals surface area contributed by atoms with Crippen molar-refractivity contribution >= 4 is 38.2 Å². The normalized spacial score (nSPS) is 16.2. The van der Waals surface area contributed by atoms with Crippen molar-refractivity contribution in [1.29, 1.82) is 0 Å². The smallest absolute Gasteiger partial charge is 0.264 e. The van der Waals surface area contributed by atoms with E-state index in [1.54, 1.807) is 48.8 Å². The lowest BCUT2D eigenvalue weighted by Gasteiger charge is -2.37. The molecule has 0 radical (unpaired) electrons. The molecule has 4 aromatic rings. The molecule has 1 aliphatic heterocycles. The summed E-state index contributed by atoms with van der Waals surface area (Å²) in [5.41, 5.74) is 2.53. The Morgan fingerprint density at radius 2 is 1.61 bits per heavy atom. The first-order valence-electron chi connectivity index (χ1n) is 11.6. The highest BCUT2D eigenvalue weighted by Crippen LogP contribution is 2.26. The van der Waals surface area contributed by atoms with Gasteiger partial charge in [0.05, 0.1) is 5.52 Å². The van der Waals surface area contributed by atoms with E-state index in [0.717, 1.165) is 30.6 Å². The standard InChI is InChI=1S/C26H26ClN5O3S/c27-25-21(6-3-13-29-25)18-31-14-16-32(17-15-31)26(33)20-8-10-22(11-9-20)30-36(34,35)23-7-1-4-19-5-2-12-28-24(19)23/h1-13,26,30,33H,14-18H2. The Hall–Kier alpha value is -3.08. The summed E-state index contributed by atoms with van der Waals surface area (Å²) in [6.07, 6.45) is 2.48. The van der Waals surface area contributed by atoms with Crippen molar-refractivity contribution < 1.29 is 13.5 Å². The van der Waals surface area contributed by atoms with Gasteiger partial charge in [-0.1, -0.05) is 48.0 Å². The van der Waals surface area contributed by atoms with Crippen molar-refractivity contribution in [3.8, 4) is 0 Å². The number of fused-ring (bicyclic) bond motifs is 1. The van der Waals surface area contributed by atoms with Crippen LogP contribution in [0.25, 0.3) is 10.9 Å². The van der Waals surface area contributed by atoms with Gasteiger partial charge in [0.1, 0.15) is 16.3 Å². The monoisotopic (exact) mass is 523 g/mol. The predicted molar refractivity (Wildman–Crippen MR) is 140 cm³/mol. The van der Waals surface area contributed by atoms with Gasteiger partial charge in [-0.2, -0.15) is 0 Å². The lowest BCUT2D eigenvalue weighted by molar-refractivity contribution is -0.0285. The molecule has 1 fully saturated rings. The number of hydrogen-bond acceptors (Lipinski definition) is 7. The average Bonchev–Trinajstić information content (AvgIpc) is 2.90. The number of rotatable bonds is 7. The Balaban J connectivity index is 1.21. The number of hydrogen-bond donors (Lipinski definition) is 2. The van der Waals surface area contributed by atoms with E-state index in [4.69, 9.17) is 11.6 Å². The number of sulfonamides is 1. The highest BCUT2D eigenvalue weighted by Gasteiger charge is 2.24. The van der Waals surface area contributed by atoms with Crippen molar-refractivity contribution in [1.82, 2.24) is 19.8 Å². The van der Waals surface area contributed by atoms with Crippen LogP contribution in [0.5, 0.6) is 0 Å². The number of nitrogens with zero attached hydrogens (tertiary/aromatic N) is 4. The van der Waals surface area contributed by atoms with Gasteiger partial charge in [-0.25, -0.2) is 13.4 Å². The summed E-state index contributed by atoms with van der Waals surface area (Å²) in [7, 11) is -3.83. The maximum absolute atomic E-state index is 13.0. The number of aliphatic hydroxyl groups is 1. The first kappa shape index (κ1) is 24.6. The Morgan fingerprint density at radius 1 is 0.917 bits per heavy atom. The number of aliphatic hydroxyl groups excluding tert-OH is 1. The molecule has 2 aromatic heterocycles. The summed E-state index contributed by atoms with van der Waals surface area (Å²) in [5, 5.41) is 12.2. The summed E-state index contributed by atoms with van der Waals surface area (Å²) in [4.78, 5) is 12.8. The van der Waals surface area contributed by atoms with Crippen molar-refractivity contribution in [2.24, 2.45) is 0 Å². The first-order chi connectivity index (χ1) is 17.4. The largest absolute Gasteiger partial charge is 0.374 e. The molecule has 36 heavy (non-hydrogen) atoms. The number of benzene rings is 2. The topological polar surface area (TPSA) is 98.7 Å². The van der Waals surface area contributed by atoms with Crippen LogP contribution in [0.15, 0.2) is 84.0 Å². The summed E-state index contributed by atoms with van der Waals surface area (Å²) in [6, 6.07) is 19.3. The van der Waals surface area contributed by atoms with Crippen molar-refractivity contribution in [3.63, 3.8) is 0 Å². The molecule has 1 unspecified atom stereocenters. The molecule has 10 heteroatoms. The SMILES string of the molecule is O=S(=O)(Nc1ccc(C(O)N2CCN(Cc3cccnc3Cl)CC2)cc1)c1cccc2cccnc12. The fourth-order valence-corrected chi connectivity index (χ4v) is 5.80. The van der Waals surface area contributed by atoms with Gasteiger partial charge in [0, 0.05) is 61.8 Å². The number of pyridine rings is 2. The first-order valence-corrected chi connectivity index (χ1v) is 13.5. The predicted octanol–water partition coefficient (Wildman–Crippen LogP) is 3.89. The molecule has 0 aliphatic carbocycles. The number of nitrogens with one attached hydrogen (secondary N) is 1. The van der Waals surface area contributed by atoms with Gasteiger partial charge in [-0.3, -0.25) is 19.5 Å². The molecule has 2 N–H and O–H groups in total. The van der Waals surface area contributed by atoms with E-state index in [9.17, 15) is 13.5 Å². The molecular formula is C26H26ClN5O3S. The third-order valence-electron chi connectivity index (χ3n) is 6.33. The van der Waals surface area contributed by atoms with Crippen LogP contribution in [0.1, 0.15) is 17.4 Å². The number of halogens is 1. The zero-order valence-electron chi connectivity index (χ0n) is 19.5. The van der Waals surface area contributed by atoms with E-state index in [1.165, 1.54) is 6.07 Å². The zero-order chi connectivity index (χ0) is 25.1. The summed E-state index contributed by atoms with van der Waals surface area (Å²) in [5.74, 6) is 0. The minimum absolute atomic E-state index is 0.121. The van der Waals surface area contributed by atoms with Crippen molar-refractivity contribution in [2.75, 3.05) is 30.9 Å². The van der Waals surface area contributed by atoms with Gasteiger partial charge in [-0.15, -0.1) is 0 Å². The van der Waals surface area contributed by atoms with E-state index >= 15 is 0 Å². The summed E-state index contributed by atoms with van der Waals surface area (Å²) >= 11 is 6.18. The molecule has 0 spiro atoms. The minimum atomic E-state index is -3.83. The van der Waals surface area contributed by atoms with Crippen molar-refractivity contribution in [2.45, 2.75) is 17.7 Å². The Bertz CT molecular complexity index is 1450. The maximum atomic E-state index is 13.0. The van der Waals surface area contributed by atoms with E-state index in [-0.39, 0.29) is 4.90 Å². The van der Waals surface area contributed by atoms with Crippen LogP contribution >= 0.6 is 11.6 Å². The van der Waals surface area contributed by atoms with E-state index in [1.807, 2.05) is 29.2 Å². The van der Waals surface area contributed by atoms with E-state index in [2.05, 4.69) is 19.6 Å². The molecule has 0 saturated carbocycles. The molecule has 5 rings (SSSR count).